The van der Waals surface area contributed by atoms with Crippen LogP contribution in [0.1, 0.15) is 32.7 Å². The number of carbonyl (C=O) groups excluding carboxylic acids is 2. The molecule has 0 aliphatic heterocycles. The highest BCUT2D eigenvalue weighted by Gasteiger charge is 2.22. The first-order chi connectivity index (χ1) is 15.9. The summed E-state index contributed by atoms with van der Waals surface area (Å²) >= 11 is 7.77. The molecule has 0 radical (unpaired) electrons. The Balaban J connectivity index is 0.00000324. The van der Waals surface area contributed by atoms with E-state index in [2.05, 4.69) is 9.88 Å². The van der Waals surface area contributed by atoms with Gasteiger partial charge in [-0.15, -0.1) is 12.4 Å². The molecule has 0 fully saturated rings. The SMILES string of the molecule is CN(C)CCCN(C(=O)c1ccc(C(=O)c2ccccc2)cc1)c1nc2c(Cl)cccc2s1.Cl. The van der Waals surface area contributed by atoms with Crippen LogP contribution in [0.4, 0.5) is 5.13 Å². The quantitative estimate of drug-likeness (QED) is 0.263. The zero-order chi connectivity index (χ0) is 23.4. The number of hydrogen-bond donors (Lipinski definition) is 0. The second kappa shape index (κ2) is 11.6. The Morgan fingerprint density at radius 1 is 0.853 bits per heavy atom. The largest absolute Gasteiger partial charge is 0.309 e. The summed E-state index contributed by atoms with van der Waals surface area (Å²) in [5.74, 6) is -0.221. The standard InChI is InChI=1S/C26H24ClN3O2S.ClH/c1-29(2)16-7-17-30(26-28-23-21(27)10-6-11-22(23)33-26)25(32)20-14-12-19(13-15-20)24(31)18-8-4-3-5-9-18;/h3-6,8-15H,7,16-17H2,1-2H3;1H. The number of para-hydroxylation sites is 1. The van der Waals surface area contributed by atoms with Crippen molar-refractivity contribution in [3.8, 4) is 0 Å². The summed E-state index contributed by atoms with van der Waals surface area (Å²) in [5, 5.41) is 1.19. The van der Waals surface area contributed by atoms with Crippen LogP contribution in [-0.4, -0.2) is 48.8 Å². The minimum absolute atomic E-state index is 0. The van der Waals surface area contributed by atoms with Crippen LogP contribution >= 0.6 is 35.3 Å². The molecule has 1 amide bonds. The third kappa shape index (κ3) is 5.83. The number of benzene rings is 3. The fourth-order valence-corrected chi connectivity index (χ4v) is 4.81. The van der Waals surface area contributed by atoms with Crippen molar-refractivity contribution < 1.29 is 9.59 Å². The number of halogens is 2. The average molecular weight is 514 g/mol. The second-order valence-corrected chi connectivity index (χ2v) is 9.39. The molecule has 4 aromatic rings. The number of carbonyl (C=O) groups is 2. The van der Waals surface area contributed by atoms with Gasteiger partial charge in [0.25, 0.3) is 5.91 Å². The zero-order valence-corrected chi connectivity index (χ0v) is 21.3. The van der Waals surface area contributed by atoms with Crippen molar-refractivity contribution in [1.29, 1.82) is 0 Å². The highest BCUT2D eigenvalue weighted by molar-refractivity contribution is 7.22. The molecule has 0 saturated carbocycles. The van der Waals surface area contributed by atoms with Crippen molar-refractivity contribution in [2.75, 3.05) is 32.1 Å². The number of aromatic nitrogens is 1. The number of nitrogens with zero attached hydrogens (tertiary/aromatic N) is 3. The second-order valence-electron chi connectivity index (χ2n) is 7.97. The maximum Gasteiger partial charge on any atom is 0.260 e. The van der Waals surface area contributed by atoms with Crippen LogP contribution in [-0.2, 0) is 0 Å². The normalized spacial score (nSPS) is 10.8. The van der Waals surface area contributed by atoms with E-state index in [0.29, 0.717) is 38.9 Å². The predicted octanol–water partition coefficient (Wildman–Crippen LogP) is 6.20. The first-order valence-electron chi connectivity index (χ1n) is 10.7. The van der Waals surface area contributed by atoms with Crippen LogP contribution < -0.4 is 4.90 Å². The Kier molecular flexibility index (Phi) is 8.80. The van der Waals surface area contributed by atoms with Crippen molar-refractivity contribution in [2.45, 2.75) is 6.42 Å². The summed E-state index contributed by atoms with van der Waals surface area (Å²) in [6, 6.07) is 21.6. The molecule has 1 heterocycles. The summed E-state index contributed by atoms with van der Waals surface area (Å²) in [6.45, 7) is 1.37. The van der Waals surface area contributed by atoms with E-state index in [1.54, 1.807) is 47.4 Å². The lowest BCUT2D eigenvalue weighted by Gasteiger charge is -2.21. The van der Waals surface area contributed by atoms with Crippen molar-refractivity contribution >= 4 is 62.4 Å². The third-order valence-corrected chi connectivity index (χ3v) is 6.60. The van der Waals surface area contributed by atoms with E-state index in [1.165, 1.54) is 11.3 Å². The predicted molar refractivity (Wildman–Crippen MR) is 143 cm³/mol. The molecule has 8 heteroatoms. The molecule has 0 spiro atoms. The molecular formula is C26H25Cl2N3O2S. The van der Waals surface area contributed by atoms with Crippen LogP contribution in [0.15, 0.2) is 72.8 Å². The minimum Gasteiger partial charge on any atom is -0.309 e. The Hall–Kier alpha value is -2.77. The molecule has 0 saturated heterocycles. The maximum atomic E-state index is 13.5. The molecule has 0 aliphatic rings. The van der Waals surface area contributed by atoms with E-state index < -0.39 is 0 Å². The van der Waals surface area contributed by atoms with Crippen molar-refractivity contribution in [1.82, 2.24) is 9.88 Å². The van der Waals surface area contributed by atoms with Gasteiger partial charge in [0.05, 0.1) is 9.72 Å². The van der Waals surface area contributed by atoms with Gasteiger partial charge in [0.15, 0.2) is 10.9 Å². The first-order valence-corrected chi connectivity index (χ1v) is 11.8. The van der Waals surface area contributed by atoms with E-state index in [1.807, 2.05) is 44.4 Å². The smallest absolute Gasteiger partial charge is 0.260 e. The summed E-state index contributed by atoms with van der Waals surface area (Å²) in [4.78, 5) is 34.7. The summed E-state index contributed by atoms with van der Waals surface area (Å²) in [5.41, 5.74) is 2.38. The topological polar surface area (TPSA) is 53.5 Å². The Labute approximate surface area is 214 Å². The summed E-state index contributed by atoms with van der Waals surface area (Å²) in [7, 11) is 4.01. The summed E-state index contributed by atoms with van der Waals surface area (Å²) < 4.78 is 0.937. The van der Waals surface area contributed by atoms with Gasteiger partial charge < -0.3 is 4.90 Å². The van der Waals surface area contributed by atoms with Crippen LogP contribution in [0.25, 0.3) is 10.2 Å². The molecule has 4 rings (SSSR count). The van der Waals surface area contributed by atoms with Crippen LogP contribution in [0, 0.1) is 0 Å². The number of ketones is 1. The monoisotopic (exact) mass is 513 g/mol. The molecule has 0 N–H and O–H groups in total. The Bertz CT molecular complexity index is 1270. The Morgan fingerprint density at radius 2 is 1.50 bits per heavy atom. The molecule has 0 atom stereocenters. The third-order valence-electron chi connectivity index (χ3n) is 5.25. The lowest BCUT2D eigenvalue weighted by molar-refractivity contribution is 0.0983. The van der Waals surface area contributed by atoms with Gasteiger partial charge in [0, 0.05) is 23.2 Å². The van der Waals surface area contributed by atoms with Gasteiger partial charge in [-0.25, -0.2) is 4.98 Å². The van der Waals surface area contributed by atoms with Gasteiger partial charge in [-0.1, -0.05) is 71.5 Å². The van der Waals surface area contributed by atoms with Gasteiger partial charge >= 0.3 is 0 Å². The lowest BCUT2D eigenvalue weighted by atomic mass is 10.0. The maximum absolute atomic E-state index is 13.5. The van der Waals surface area contributed by atoms with Crippen molar-refractivity contribution in [2.24, 2.45) is 0 Å². The van der Waals surface area contributed by atoms with Crippen LogP contribution in [0.2, 0.25) is 5.02 Å². The molecule has 0 bridgehead atoms. The minimum atomic E-state index is -0.150. The fourth-order valence-electron chi connectivity index (χ4n) is 3.52. The highest BCUT2D eigenvalue weighted by atomic mass is 35.5. The average Bonchev–Trinajstić information content (AvgIpc) is 3.27. The van der Waals surface area contributed by atoms with E-state index in [4.69, 9.17) is 11.6 Å². The number of thiazole rings is 1. The molecule has 1 aromatic heterocycles. The van der Waals surface area contributed by atoms with Gasteiger partial charge in [0.1, 0.15) is 5.52 Å². The molecule has 5 nitrogen and oxygen atoms in total. The van der Waals surface area contributed by atoms with Crippen LogP contribution in [0.5, 0.6) is 0 Å². The number of rotatable bonds is 8. The molecule has 0 unspecified atom stereocenters. The van der Waals surface area contributed by atoms with E-state index in [0.717, 1.165) is 17.7 Å². The van der Waals surface area contributed by atoms with Crippen LogP contribution in [0.3, 0.4) is 0 Å². The van der Waals surface area contributed by atoms with Gasteiger partial charge in [-0.2, -0.15) is 0 Å². The molecular weight excluding hydrogens is 489 g/mol. The summed E-state index contributed by atoms with van der Waals surface area (Å²) in [6.07, 6.45) is 0.799. The highest BCUT2D eigenvalue weighted by Crippen LogP contribution is 2.33. The molecule has 3 aromatic carbocycles. The van der Waals surface area contributed by atoms with Gasteiger partial charge in [-0.3, -0.25) is 14.5 Å². The first kappa shape index (κ1) is 25.8. The number of amides is 1. The van der Waals surface area contributed by atoms with Gasteiger partial charge in [0.2, 0.25) is 0 Å². The Morgan fingerprint density at radius 3 is 2.15 bits per heavy atom. The molecule has 0 aliphatic carbocycles. The van der Waals surface area contributed by atoms with Gasteiger partial charge in [-0.05, 0) is 51.3 Å². The number of anilines is 1. The fraction of sp³-hybridized carbons (Fsp3) is 0.192. The van der Waals surface area contributed by atoms with E-state index in [-0.39, 0.29) is 24.1 Å². The van der Waals surface area contributed by atoms with E-state index >= 15 is 0 Å². The van der Waals surface area contributed by atoms with Crippen molar-refractivity contribution in [3.63, 3.8) is 0 Å². The van der Waals surface area contributed by atoms with Crippen molar-refractivity contribution in [3.05, 3.63) is 94.5 Å². The number of hydrogen-bond acceptors (Lipinski definition) is 5. The molecule has 34 heavy (non-hydrogen) atoms. The zero-order valence-electron chi connectivity index (χ0n) is 18.9. The van der Waals surface area contributed by atoms with E-state index in [9.17, 15) is 9.59 Å². The molecule has 176 valence electrons. The lowest BCUT2D eigenvalue weighted by Crippen LogP contribution is -2.33. The number of fused-ring (bicyclic) bond motifs is 1.